The van der Waals surface area contributed by atoms with Gasteiger partial charge in [0.2, 0.25) is 5.91 Å². The van der Waals surface area contributed by atoms with Gasteiger partial charge in [0.25, 0.3) is 0 Å². The van der Waals surface area contributed by atoms with Gasteiger partial charge in [0.05, 0.1) is 19.3 Å². The average molecular weight is 280 g/mol. The smallest absolute Gasteiger partial charge is 0.343 e. The van der Waals surface area contributed by atoms with Gasteiger partial charge in [0, 0.05) is 0 Å². The van der Waals surface area contributed by atoms with Crippen LogP contribution in [0.5, 0.6) is 0 Å². The second-order valence-corrected chi connectivity index (χ2v) is 6.11. The molecular weight excluding hydrogens is 255 g/mol. The fraction of sp³-hybridized carbons (Fsp3) is 0.909. The summed E-state index contributed by atoms with van der Waals surface area (Å²) in [6.45, 7) is 7.84. The molecule has 0 aliphatic heterocycles. The molecule has 2 atom stereocenters. The van der Waals surface area contributed by atoms with Crippen LogP contribution in [0.1, 0.15) is 34.1 Å². The molecule has 3 N–H and O–H groups in total. The number of rotatable bonds is 9. The Morgan fingerprint density at radius 1 is 1.28 bits per heavy atom. The van der Waals surface area contributed by atoms with Crippen LogP contribution in [0.2, 0.25) is 0 Å². The maximum Gasteiger partial charge on any atom is 0.349 e. The summed E-state index contributed by atoms with van der Waals surface area (Å²) in [5, 5.41) is 2.53. The van der Waals surface area contributed by atoms with Gasteiger partial charge in [-0.25, -0.2) is 0 Å². The number of carbonyl (C=O) groups is 1. The Kier molecular flexibility index (Phi) is 8.44. The molecule has 0 saturated heterocycles. The first-order chi connectivity index (χ1) is 8.40. The maximum absolute atomic E-state index is 12.1. The summed E-state index contributed by atoms with van der Waals surface area (Å²) in [7, 11) is -3.24. The van der Waals surface area contributed by atoms with E-state index in [0.29, 0.717) is 0 Å². The fourth-order valence-corrected chi connectivity index (χ4v) is 2.72. The first-order valence-electron chi connectivity index (χ1n) is 6.31. The standard InChI is InChI=1S/C11H25N2O4P/c1-5-9(4)10(12)11(14)13-8-18(15,16-6-2)17-7-3/h9-10H,5-8,12H2,1-4H3,(H,13,14)/t9-,10-/m0/s1. The van der Waals surface area contributed by atoms with Gasteiger partial charge in [-0.1, -0.05) is 20.3 Å². The van der Waals surface area contributed by atoms with E-state index < -0.39 is 13.6 Å². The summed E-state index contributed by atoms with van der Waals surface area (Å²) in [6.07, 6.45) is 0.667. The quantitative estimate of drug-likeness (QED) is 0.627. The number of hydrogen-bond donors (Lipinski definition) is 2. The van der Waals surface area contributed by atoms with Gasteiger partial charge >= 0.3 is 7.60 Å². The molecule has 6 nitrogen and oxygen atoms in total. The first-order valence-corrected chi connectivity index (χ1v) is 8.04. The molecule has 0 aromatic carbocycles. The highest BCUT2D eigenvalue weighted by molar-refractivity contribution is 7.53. The highest BCUT2D eigenvalue weighted by Crippen LogP contribution is 2.46. The Hall–Kier alpha value is -0.420. The third-order valence-electron chi connectivity index (χ3n) is 2.66. The molecule has 0 unspecified atom stereocenters. The van der Waals surface area contributed by atoms with E-state index in [1.165, 1.54) is 0 Å². The summed E-state index contributed by atoms with van der Waals surface area (Å²) < 4.78 is 22.2. The van der Waals surface area contributed by atoms with E-state index in [0.717, 1.165) is 6.42 Å². The SMILES string of the molecule is CCOP(=O)(CNC(=O)[C@@H](N)[C@@H](C)CC)OCC. The van der Waals surface area contributed by atoms with Crippen LogP contribution in [0.3, 0.4) is 0 Å². The molecule has 0 fully saturated rings. The van der Waals surface area contributed by atoms with Crippen LogP contribution >= 0.6 is 7.60 Å². The Morgan fingerprint density at radius 3 is 2.17 bits per heavy atom. The van der Waals surface area contributed by atoms with Crippen LogP contribution in [0.15, 0.2) is 0 Å². The molecule has 1 amide bonds. The van der Waals surface area contributed by atoms with Crippen LogP contribution in [-0.2, 0) is 18.4 Å². The Balaban J connectivity index is 4.35. The van der Waals surface area contributed by atoms with E-state index in [-0.39, 0.29) is 31.3 Å². The fourth-order valence-electron chi connectivity index (χ4n) is 1.33. The van der Waals surface area contributed by atoms with E-state index in [9.17, 15) is 9.36 Å². The highest BCUT2D eigenvalue weighted by Gasteiger charge is 2.26. The predicted molar refractivity (Wildman–Crippen MR) is 71.3 cm³/mol. The lowest BCUT2D eigenvalue weighted by atomic mass is 10.00. The molecule has 7 heteroatoms. The Labute approximate surface area is 109 Å². The van der Waals surface area contributed by atoms with Crippen molar-refractivity contribution >= 4 is 13.5 Å². The largest absolute Gasteiger partial charge is 0.349 e. The summed E-state index contributed by atoms with van der Waals surface area (Å²) in [6, 6.07) is -0.605. The lowest BCUT2D eigenvalue weighted by molar-refractivity contribution is -0.123. The average Bonchev–Trinajstić information content (AvgIpc) is 2.34. The molecular formula is C11H25N2O4P. The molecule has 0 aliphatic carbocycles. The lowest BCUT2D eigenvalue weighted by Crippen LogP contribution is -2.44. The van der Waals surface area contributed by atoms with Gasteiger partial charge in [0.15, 0.2) is 0 Å². The van der Waals surface area contributed by atoms with Gasteiger partial charge in [-0.05, 0) is 19.8 Å². The highest BCUT2D eigenvalue weighted by atomic mass is 31.2. The minimum absolute atomic E-state index is 0.0728. The number of amides is 1. The van der Waals surface area contributed by atoms with Crippen molar-refractivity contribution in [2.24, 2.45) is 11.7 Å². The topological polar surface area (TPSA) is 90.7 Å². The number of nitrogens with two attached hydrogens (primary N) is 1. The third-order valence-corrected chi connectivity index (χ3v) is 4.51. The van der Waals surface area contributed by atoms with Crippen molar-refractivity contribution in [1.29, 1.82) is 0 Å². The van der Waals surface area contributed by atoms with Crippen molar-refractivity contribution in [2.75, 3.05) is 19.5 Å². The minimum atomic E-state index is -3.24. The molecule has 0 rings (SSSR count). The van der Waals surface area contributed by atoms with Gasteiger partial charge in [0.1, 0.15) is 6.29 Å². The minimum Gasteiger partial charge on any atom is -0.343 e. The summed E-state index contributed by atoms with van der Waals surface area (Å²) in [5.41, 5.74) is 5.77. The zero-order chi connectivity index (χ0) is 14.2. The lowest BCUT2D eigenvalue weighted by Gasteiger charge is -2.21. The van der Waals surface area contributed by atoms with Crippen molar-refractivity contribution in [2.45, 2.75) is 40.2 Å². The van der Waals surface area contributed by atoms with Crippen molar-refractivity contribution in [3.8, 4) is 0 Å². The van der Waals surface area contributed by atoms with Crippen LogP contribution in [0.4, 0.5) is 0 Å². The molecule has 0 spiro atoms. The molecule has 18 heavy (non-hydrogen) atoms. The normalized spacial score (nSPS) is 15.2. The number of hydrogen-bond acceptors (Lipinski definition) is 5. The third kappa shape index (κ3) is 5.96. The zero-order valence-electron chi connectivity index (χ0n) is 11.6. The number of carbonyl (C=O) groups excluding carboxylic acids is 1. The summed E-state index contributed by atoms with van der Waals surface area (Å²) >= 11 is 0. The van der Waals surface area contributed by atoms with Gasteiger partial charge < -0.3 is 20.1 Å². The van der Waals surface area contributed by atoms with Crippen molar-refractivity contribution in [1.82, 2.24) is 5.32 Å². The molecule has 0 heterocycles. The number of nitrogens with one attached hydrogen (secondary N) is 1. The van der Waals surface area contributed by atoms with Crippen LogP contribution in [0.25, 0.3) is 0 Å². The predicted octanol–water partition coefficient (Wildman–Crippen LogP) is 1.70. The maximum atomic E-state index is 12.1. The Bertz CT molecular complexity index is 289. The van der Waals surface area contributed by atoms with Crippen LogP contribution in [0, 0.1) is 5.92 Å². The molecule has 0 aromatic rings. The zero-order valence-corrected chi connectivity index (χ0v) is 12.5. The first kappa shape index (κ1) is 17.6. The molecule has 0 aliphatic rings. The van der Waals surface area contributed by atoms with Crippen molar-refractivity contribution in [3.05, 3.63) is 0 Å². The summed E-state index contributed by atoms with van der Waals surface area (Å²) in [5.74, 6) is -0.257. The Morgan fingerprint density at radius 2 is 1.78 bits per heavy atom. The second kappa shape index (κ2) is 8.64. The van der Waals surface area contributed by atoms with Crippen molar-refractivity contribution < 1.29 is 18.4 Å². The van der Waals surface area contributed by atoms with Crippen LogP contribution < -0.4 is 11.1 Å². The van der Waals surface area contributed by atoms with E-state index in [1.54, 1.807) is 13.8 Å². The van der Waals surface area contributed by atoms with E-state index in [4.69, 9.17) is 14.8 Å². The second-order valence-electron chi connectivity index (χ2n) is 4.06. The van der Waals surface area contributed by atoms with E-state index >= 15 is 0 Å². The molecule has 0 radical (unpaired) electrons. The molecule has 0 bridgehead atoms. The van der Waals surface area contributed by atoms with Gasteiger partial charge in [-0.2, -0.15) is 0 Å². The van der Waals surface area contributed by atoms with Gasteiger partial charge in [-0.3, -0.25) is 9.36 Å². The van der Waals surface area contributed by atoms with E-state index in [2.05, 4.69) is 5.32 Å². The van der Waals surface area contributed by atoms with Gasteiger partial charge in [-0.15, -0.1) is 0 Å². The molecule has 108 valence electrons. The van der Waals surface area contributed by atoms with Crippen molar-refractivity contribution in [3.63, 3.8) is 0 Å². The molecule has 0 aromatic heterocycles. The van der Waals surface area contributed by atoms with E-state index in [1.807, 2.05) is 13.8 Å². The molecule has 0 saturated carbocycles. The monoisotopic (exact) mass is 280 g/mol. The summed E-state index contributed by atoms with van der Waals surface area (Å²) in [4.78, 5) is 11.7. The van der Waals surface area contributed by atoms with Crippen LogP contribution in [-0.4, -0.2) is 31.4 Å².